The molecule has 5 heteroatoms. The Morgan fingerprint density at radius 2 is 2.12 bits per heavy atom. The zero-order valence-electron chi connectivity index (χ0n) is 10.4. The van der Waals surface area contributed by atoms with Gasteiger partial charge in [0.15, 0.2) is 0 Å². The van der Waals surface area contributed by atoms with E-state index in [9.17, 15) is 4.79 Å². The molecule has 5 nitrogen and oxygen atoms in total. The summed E-state index contributed by atoms with van der Waals surface area (Å²) in [4.78, 5) is 13.9. The molecule has 1 atom stereocenters. The molecule has 1 saturated carbocycles. The summed E-state index contributed by atoms with van der Waals surface area (Å²) in [6, 6.07) is 0.425. The second-order valence-corrected chi connectivity index (χ2v) is 4.96. The van der Waals surface area contributed by atoms with Gasteiger partial charge in [-0.15, -0.1) is 0 Å². The van der Waals surface area contributed by atoms with Crippen LogP contribution in [0.25, 0.3) is 0 Å². The zero-order valence-corrected chi connectivity index (χ0v) is 10.4. The van der Waals surface area contributed by atoms with E-state index in [1.54, 1.807) is 0 Å². The third kappa shape index (κ3) is 3.57. The number of nitrogens with two attached hydrogens (primary N) is 1. The standard InChI is InChI=1S/C12H23N3O2/c13-8-11-9-15(6-7-17-11)12(16)14-10-4-2-1-3-5-10/h10-11H,1-9,13H2,(H,14,16). The van der Waals surface area contributed by atoms with Crippen molar-refractivity contribution >= 4 is 6.03 Å². The Labute approximate surface area is 103 Å². The minimum Gasteiger partial charge on any atom is -0.373 e. The minimum atomic E-state index is 0.000792. The molecule has 0 aromatic carbocycles. The molecule has 2 aliphatic rings. The Kier molecular flexibility index (Phi) is 4.62. The van der Waals surface area contributed by atoms with E-state index in [4.69, 9.17) is 10.5 Å². The summed E-state index contributed by atoms with van der Waals surface area (Å²) in [6.07, 6.45) is 6.02. The van der Waals surface area contributed by atoms with E-state index < -0.39 is 0 Å². The first-order chi connectivity index (χ1) is 8.29. The SMILES string of the molecule is NCC1CN(C(=O)NC2CCCCC2)CCO1. The highest BCUT2D eigenvalue weighted by Gasteiger charge is 2.25. The predicted molar refractivity (Wildman–Crippen MR) is 65.8 cm³/mol. The molecule has 3 N–H and O–H groups in total. The van der Waals surface area contributed by atoms with Crippen LogP contribution >= 0.6 is 0 Å². The first-order valence-corrected chi connectivity index (χ1v) is 6.66. The number of nitrogens with zero attached hydrogens (tertiary/aromatic N) is 1. The number of hydrogen-bond acceptors (Lipinski definition) is 3. The van der Waals surface area contributed by atoms with Gasteiger partial charge < -0.3 is 20.7 Å². The van der Waals surface area contributed by atoms with Gasteiger partial charge in [-0.2, -0.15) is 0 Å². The number of urea groups is 1. The highest BCUT2D eigenvalue weighted by molar-refractivity contribution is 5.74. The van der Waals surface area contributed by atoms with Crippen molar-refractivity contribution in [2.24, 2.45) is 5.73 Å². The summed E-state index contributed by atoms with van der Waals surface area (Å²) in [5.74, 6) is 0. The highest BCUT2D eigenvalue weighted by Crippen LogP contribution is 2.17. The molecular formula is C12H23N3O2. The Bertz CT molecular complexity index is 254. The van der Waals surface area contributed by atoms with Crippen molar-refractivity contribution in [3.05, 3.63) is 0 Å². The van der Waals surface area contributed by atoms with Crippen LogP contribution < -0.4 is 11.1 Å². The maximum atomic E-state index is 12.0. The number of morpholine rings is 1. The van der Waals surface area contributed by atoms with Crippen LogP contribution in [0.1, 0.15) is 32.1 Å². The van der Waals surface area contributed by atoms with Gasteiger partial charge >= 0.3 is 6.03 Å². The van der Waals surface area contributed by atoms with Gasteiger partial charge in [0.1, 0.15) is 0 Å². The van der Waals surface area contributed by atoms with Gasteiger partial charge in [-0.3, -0.25) is 0 Å². The Hall–Kier alpha value is -0.810. The quantitative estimate of drug-likeness (QED) is 0.747. The topological polar surface area (TPSA) is 67.6 Å². The molecule has 1 unspecified atom stereocenters. The average Bonchev–Trinajstić information content (AvgIpc) is 2.40. The molecule has 2 rings (SSSR count). The second-order valence-electron chi connectivity index (χ2n) is 4.96. The van der Waals surface area contributed by atoms with Crippen LogP contribution in [-0.2, 0) is 4.74 Å². The lowest BCUT2D eigenvalue weighted by molar-refractivity contribution is -0.00911. The molecule has 17 heavy (non-hydrogen) atoms. The Balaban J connectivity index is 1.78. The summed E-state index contributed by atoms with van der Waals surface area (Å²) in [5, 5.41) is 3.12. The number of ether oxygens (including phenoxy) is 1. The maximum absolute atomic E-state index is 12.0. The maximum Gasteiger partial charge on any atom is 0.317 e. The van der Waals surface area contributed by atoms with E-state index in [1.165, 1.54) is 19.3 Å². The molecule has 1 aliphatic heterocycles. The van der Waals surface area contributed by atoms with Crippen LogP contribution in [0.15, 0.2) is 0 Å². The van der Waals surface area contributed by atoms with Crippen LogP contribution in [0.2, 0.25) is 0 Å². The molecule has 0 aromatic rings. The summed E-state index contributed by atoms with van der Waals surface area (Å²) in [6.45, 7) is 2.37. The lowest BCUT2D eigenvalue weighted by Gasteiger charge is -2.34. The number of carbonyl (C=O) groups is 1. The third-order valence-corrected chi connectivity index (χ3v) is 3.62. The molecule has 1 saturated heterocycles. The van der Waals surface area contributed by atoms with Crippen molar-refractivity contribution in [2.45, 2.75) is 44.2 Å². The number of hydrogen-bond donors (Lipinski definition) is 2. The predicted octanol–water partition coefficient (Wildman–Crippen LogP) is 0.688. The Morgan fingerprint density at radius 3 is 2.82 bits per heavy atom. The first-order valence-electron chi connectivity index (χ1n) is 6.66. The normalized spacial score (nSPS) is 26.9. The smallest absolute Gasteiger partial charge is 0.317 e. The van der Waals surface area contributed by atoms with Crippen molar-refractivity contribution in [1.29, 1.82) is 0 Å². The van der Waals surface area contributed by atoms with Crippen molar-refractivity contribution in [2.75, 3.05) is 26.2 Å². The third-order valence-electron chi connectivity index (χ3n) is 3.62. The van der Waals surface area contributed by atoms with Crippen molar-refractivity contribution < 1.29 is 9.53 Å². The van der Waals surface area contributed by atoms with E-state index >= 15 is 0 Å². The van der Waals surface area contributed by atoms with Crippen LogP contribution in [0.4, 0.5) is 4.79 Å². The summed E-state index contributed by atoms with van der Waals surface area (Å²) in [5.41, 5.74) is 5.57. The molecule has 0 bridgehead atoms. The van der Waals surface area contributed by atoms with Gasteiger partial charge in [0.25, 0.3) is 0 Å². The molecule has 0 spiro atoms. The number of amides is 2. The van der Waals surface area contributed by atoms with E-state index in [1.807, 2.05) is 4.90 Å². The fourth-order valence-corrected chi connectivity index (χ4v) is 2.56. The molecule has 2 amide bonds. The number of rotatable bonds is 2. The number of carbonyl (C=O) groups excluding carboxylic acids is 1. The van der Waals surface area contributed by atoms with Gasteiger partial charge in [-0.05, 0) is 12.8 Å². The van der Waals surface area contributed by atoms with Crippen molar-refractivity contribution in [3.8, 4) is 0 Å². The average molecular weight is 241 g/mol. The van der Waals surface area contributed by atoms with Crippen LogP contribution in [-0.4, -0.2) is 49.3 Å². The molecular weight excluding hydrogens is 218 g/mol. The lowest BCUT2D eigenvalue weighted by atomic mass is 9.96. The van der Waals surface area contributed by atoms with E-state index in [-0.39, 0.29) is 12.1 Å². The molecule has 0 aromatic heterocycles. The summed E-state index contributed by atoms with van der Waals surface area (Å²) in [7, 11) is 0. The molecule has 2 fully saturated rings. The number of nitrogens with one attached hydrogen (secondary N) is 1. The van der Waals surface area contributed by atoms with Crippen LogP contribution in [0.3, 0.4) is 0 Å². The van der Waals surface area contributed by atoms with Gasteiger partial charge in [-0.25, -0.2) is 4.79 Å². The van der Waals surface area contributed by atoms with Gasteiger partial charge in [-0.1, -0.05) is 19.3 Å². The van der Waals surface area contributed by atoms with Gasteiger partial charge in [0.05, 0.1) is 12.7 Å². The second kappa shape index (κ2) is 6.21. The fourth-order valence-electron chi connectivity index (χ4n) is 2.56. The van der Waals surface area contributed by atoms with E-state index in [2.05, 4.69) is 5.32 Å². The van der Waals surface area contributed by atoms with E-state index in [0.717, 1.165) is 12.8 Å². The van der Waals surface area contributed by atoms with Crippen LogP contribution in [0, 0.1) is 0 Å². The highest BCUT2D eigenvalue weighted by atomic mass is 16.5. The fraction of sp³-hybridized carbons (Fsp3) is 0.917. The molecule has 1 heterocycles. The van der Waals surface area contributed by atoms with Crippen molar-refractivity contribution in [1.82, 2.24) is 10.2 Å². The summed E-state index contributed by atoms with van der Waals surface area (Å²) < 4.78 is 5.45. The Morgan fingerprint density at radius 1 is 1.35 bits per heavy atom. The lowest BCUT2D eigenvalue weighted by Crippen LogP contribution is -2.53. The summed E-state index contributed by atoms with van der Waals surface area (Å²) >= 11 is 0. The zero-order chi connectivity index (χ0) is 12.1. The first kappa shape index (κ1) is 12.6. The largest absolute Gasteiger partial charge is 0.373 e. The van der Waals surface area contributed by atoms with Crippen molar-refractivity contribution in [3.63, 3.8) is 0 Å². The molecule has 98 valence electrons. The monoisotopic (exact) mass is 241 g/mol. The van der Waals surface area contributed by atoms with E-state index in [0.29, 0.717) is 32.3 Å². The van der Waals surface area contributed by atoms with Crippen LogP contribution in [0.5, 0.6) is 0 Å². The molecule has 1 aliphatic carbocycles. The van der Waals surface area contributed by atoms with Gasteiger partial charge in [0, 0.05) is 25.7 Å². The molecule has 0 radical (unpaired) electrons. The van der Waals surface area contributed by atoms with Gasteiger partial charge in [0.2, 0.25) is 0 Å². The minimum absolute atomic E-state index is 0.000792.